The maximum absolute atomic E-state index is 12.2. The second kappa shape index (κ2) is 7.11. The van der Waals surface area contributed by atoms with Crippen molar-refractivity contribution in [2.45, 2.75) is 32.9 Å². The number of nitrogens with zero attached hydrogens (tertiary/aromatic N) is 3. The molecule has 1 N–H and O–H groups in total. The summed E-state index contributed by atoms with van der Waals surface area (Å²) in [7, 11) is 3.74. The first-order valence-corrected chi connectivity index (χ1v) is 8.38. The van der Waals surface area contributed by atoms with Crippen LogP contribution in [-0.2, 0) is 13.0 Å². The lowest BCUT2D eigenvalue weighted by Crippen LogP contribution is -2.31. The summed E-state index contributed by atoms with van der Waals surface area (Å²) in [6.45, 7) is 4.69. The molecule has 2 aromatic heterocycles. The molecule has 1 atom stereocenters. The van der Waals surface area contributed by atoms with E-state index in [9.17, 15) is 4.79 Å². The number of para-hydroxylation sites is 1. The van der Waals surface area contributed by atoms with E-state index in [0.29, 0.717) is 12.2 Å². The molecule has 0 aliphatic heterocycles. The number of benzene rings is 1. The van der Waals surface area contributed by atoms with Gasteiger partial charge in [-0.3, -0.25) is 14.8 Å². The lowest BCUT2D eigenvalue weighted by molar-refractivity contribution is 0.243. The van der Waals surface area contributed by atoms with Crippen LogP contribution in [0.4, 0.5) is 0 Å². The molecule has 6 heteroatoms. The van der Waals surface area contributed by atoms with Crippen LogP contribution in [-0.4, -0.2) is 39.7 Å². The number of aryl methyl sites for hydroxylation is 1. The number of ether oxygens (including phenoxy) is 1. The fourth-order valence-electron chi connectivity index (χ4n) is 3.00. The van der Waals surface area contributed by atoms with E-state index in [2.05, 4.69) is 28.0 Å². The maximum Gasteiger partial charge on any atom is 0.272 e. The van der Waals surface area contributed by atoms with Crippen LogP contribution in [0.1, 0.15) is 23.9 Å². The second-order valence-corrected chi connectivity index (χ2v) is 6.50. The number of nitrogens with one attached hydrogen (secondary N) is 1. The van der Waals surface area contributed by atoms with E-state index in [0.717, 1.165) is 23.6 Å². The summed E-state index contributed by atoms with van der Waals surface area (Å²) in [4.78, 5) is 19.0. The van der Waals surface area contributed by atoms with Gasteiger partial charge >= 0.3 is 0 Å². The normalized spacial score (nSPS) is 12.7. The van der Waals surface area contributed by atoms with Crippen molar-refractivity contribution < 1.29 is 4.74 Å². The number of aromatic amines is 1. The molecule has 0 radical (unpaired) electrons. The highest BCUT2D eigenvalue weighted by Crippen LogP contribution is 2.20. The Bertz CT molecular complexity index is 929. The van der Waals surface area contributed by atoms with Gasteiger partial charge in [-0.25, -0.2) is 9.50 Å². The number of fused-ring (bicyclic) bond motifs is 1. The van der Waals surface area contributed by atoms with E-state index in [4.69, 9.17) is 4.74 Å². The fourth-order valence-corrected chi connectivity index (χ4v) is 3.00. The summed E-state index contributed by atoms with van der Waals surface area (Å²) in [5, 5.41) is 2.99. The van der Waals surface area contributed by atoms with Crippen molar-refractivity contribution in [1.29, 1.82) is 0 Å². The minimum atomic E-state index is -0.0844. The molecule has 1 aromatic carbocycles. The van der Waals surface area contributed by atoms with Crippen molar-refractivity contribution >= 4 is 5.65 Å². The van der Waals surface area contributed by atoms with Gasteiger partial charge in [0, 0.05) is 30.4 Å². The first-order chi connectivity index (χ1) is 12.0. The molecule has 3 aromatic rings. The summed E-state index contributed by atoms with van der Waals surface area (Å²) < 4.78 is 6.90. The molecule has 2 heterocycles. The number of aromatic nitrogens is 3. The van der Waals surface area contributed by atoms with Gasteiger partial charge in [0.2, 0.25) is 0 Å². The Labute approximate surface area is 147 Å². The standard InChI is InChI=1S/C19H24N4O2/c1-13-9-18-20-16(11-19(24)23(18)21-13)12-22(3)14(2)10-15-7-5-6-8-17(15)25-4/h5-9,11,14,21H,10,12H2,1-4H3. The summed E-state index contributed by atoms with van der Waals surface area (Å²) in [6, 6.07) is 11.8. The molecule has 3 rings (SSSR count). The average Bonchev–Trinajstić information content (AvgIpc) is 2.96. The summed E-state index contributed by atoms with van der Waals surface area (Å²) >= 11 is 0. The van der Waals surface area contributed by atoms with Crippen LogP contribution in [0.25, 0.3) is 5.65 Å². The van der Waals surface area contributed by atoms with E-state index in [1.54, 1.807) is 13.2 Å². The second-order valence-electron chi connectivity index (χ2n) is 6.50. The van der Waals surface area contributed by atoms with Gasteiger partial charge in [-0.15, -0.1) is 0 Å². The molecule has 0 amide bonds. The molecule has 6 nitrogen and oxygen atoms in total. The Hall–Kier alpha value is -2.60. The number of methoxy groups -OCH3 is 1. The van der Waals surface area contributed by atoms with Crippen LogP contribution in [0.3, 0.4) is 0 Å². The number of hydrogen-bond acceptors (Lipinski definition) is 4. The van der Waals surface area contributed by atoms with E-state index in [-0.39, 0.29) is 11.6 Å². The molecular formula is C19H24N4O2. The molecular weight excluding hydrogens is 316 g/mol. The van der Waals surface area contributed by atoms with Crippen LogP contribution in [0.5, 0.6) is 5.75 Å². The van der Waals surface area contributed by atoms with Gasteiger partial charge in [-0.2, -0.15) is 0 Å². The van der Waals surface area contributed by atoms with Gasteiger partial charge in [-0.1, -0.05) is 18.2 Å². The molecule has 25 heavy (non-hydrogen) atoms. The predicted octanol–water partition coefficient (Wildman–Crippen LogP) is 2.40. The van der Waals surface area contributed by atoms with E-state index in [1.807, 2.05) is 38.2 Å². The number of likely N-dealkylation sites (N-methyl/N-ethyl adjacent to an activating group) is 1. The van der Waals surface area contributed by atoms with E-state index in [1.165, 1.54) is 10.1 Å². The summed E-state index contributed by atoms with van der Waals surface area (Å²) in [6.07, 6.45) is 0.866. The van der Waals surface area contributed by atoms with Crippen molar-refractivity contribution in [2.24, 2.45) is 0 Å². The van der Waals surface area contributed by atoms with Gasteiger partial charge in [-0.05, 0) is 38.9 Å². The number of rotatable bonds is 6. The highest BCUT2D eigenvalue weighted by Gasteiger charge is 2.14. The third kappa shape index (κ3) is 3.74. The highest BCUT2D eigenvalue weighted by atomic mass is 16.5. The summed E-state index contributed by atoms with van der Waals surface area (Å²) in [5.74, 6) is 0.906. The predicted molar refractivity (Wildman–Crippen MR) is 98.2 cm³/mol. The first kappa shape index (κ1) is 17.2. The van der Waals surface area contributed by atoms with Crippen molar-refractivity contribution in [2.75, 3.05) is 14.2 Å². The van der Waals surface area contributed by atoms with Gasteiger partial charge in [0.15, 0.2) is 5.65 Å². The maximum atomic E-state index is 12.2. The van der Waals surface area contributed by atoms with Gasteiger partial charge in [0.05, 0.1) is 12.8 Å². The van der Waals surface area contributed by atoms with Crippen molar-refractivity contribution in [1.82, 2.24) is 19.5 Å². The fraction of sp³-hybridized carbons (Fsp3) is 0.368. The Kier molecular flexibility index (Phi) is 4.90. The third-order valence-electron chi connectivity index (χ3n) is 4.50. The third-order valence-corrected chi connectivity index (χ3v) is 4.50. The van der Waals surface area contributed by atoms with Gasteiger partial charge < -0.3 is 4.74 Å². The minimum Gasteiger partial charge on any atom is -0.496 e. The lowest BCUT2D eigenvalue weighted by atomic mass is 10.0. The number of hydrogen-bond donors (Lipinski definition) is 1. The Morgan fingerprint density at radius 2 is 2.08 bits per heavy atom. The molecule has 0 spiro atoms. The van der Waals surface area contributed by atoms with Crippen LogP contribution in [0.2, 0.25) is 0 Å². The van der Waals surface area contributed by atoms with Crippen molar-refractivity contribution in [3.05, 3.63) is 63.7 Å². The van der Waals surface area contributed by atoms with E-state index >= 15 is 0 Å². The van der Waals surface area contributed by atoms with Crippen molar-refractivity contribution in [3.63, 3.8) is 0 Å². The zero-order chi connectivity index (χ0) is 18.0. The molecule has 0 aliphatic carbocycles. The Balaban J connectivity index is 1.75. The van der Waals surface area contributed by atoms with E-state index < -0.39 is 0 Å². The molecule has 0 saturated heterocycles. The van der Waals surface area contributed by atoms with Crippen LogP contribution in [0.15, 0.2) is 41.2 Å². The zero-order valence-electron chi connectivity index (χ0n) is 15.1. The largest absolute Gasteiger partial charge is 0.496 e. The molecule has 1 unspecified atom stereocenters. The summed E-state index contributed by atoms with van der Waals surface area (Å²) in [5.41, 5.74) is 3.44. The minimum absolute atomic E-state index is 0.0844. The van der Waals surface area contributed by atoms with Crippen LogP contribution in [0, 0.1) is 6.92 Å². The van der Waals surface area contributed by atoms with Gasteiger partial charge in [0.25, 0.3) is 5.56 Å². The first-order valence-electron chi connectivity index (χ1n) is 8.38. The van der Waals surface area contributed by atoms with Crippen molar-refractivity contribution in [3.8, 4) is 5.75 Å². The molecule has 0 bridgehead atoms. The number of H-pyrrole nitrogens is 1. The Morgan fingerprint density at radius 1 is 1.32 bits per heavy atom. The topological polar surface area (TPSA) is 62.6 Å². The molecule has 0 fully saturated rings. The SMILES string of the molecule is COc1ccccc1CC(C)N(C)Cc1cc(=O)n2[nH]c(C)cc2n1. The smallest absolute Gasteiger partial charge is 0.272 e. The average molecular weight is 340 g/mol. The van der Waals surface area contributed by atoms with Gasteiger partial charge in [0.1, 0.15) is 5.75 Å². The quantitative estimate of drug-likeness (QED) is 0.748. The monoisotopic (exact) mass is 340 g/mol. The molecule has 0 aliphatic rings. The molecule has 0 saturated carbocycles. The zero-order valence-corrected chi connectivity index (χ0v) is 15.1. The van der Waals surface area contributed by atoms with Crippen LogP contribution >= 0.6 is 0 Å². The Morgan fingerprint density at radius 3 is 2.84 bits per heavy atom. The lowest BCUT2D eigenvalue weighted by Gasteiger charge is -2.25. The highest BCUT2D eigenvalue weighted by molar-refractivity contribution is 5.39. The van der Waals surface area contributed by atoms with Crippen LogP contribution < -0.4 is 10.3 Å². The molecule has 132 valence electrons.